The maximum absolute atomic E-state index is 5.94. The molecule has 1 heterocycles. The van der Waals surface area contributed by atoms with Crippen LogP contribution in [0.4, 0.5) is 0 Å². The van der Waals surface area contributed by atoms with Crippen LogP contribution in [0.1, 0.15) is 19.5 Å². The number of halogens is 2. The van der Waals surface area contributed by atoms with Crippen LogP contribution in [0.2, 0.25) is 10.2 Å². The van der Waals surface area contributed by atoms with E-state index >= 15 is 0 Å². The summed E-state index contributed by atoms with van der Waals surface area (Å²) in [4.78, 5) is 0. The minimum Gasteiger partial charge on any atom is -0.336 e. The average Bonchev–Trinajstić information content (AvgIpc) is 2.33. The molecule has 1 aromatic heterocycles. The summed E-state index contributed by atoms with van der Waals surface area (Å²) in [6.07, 6.45) is 0. The van der Waals surface area contributed by atoms with Crippen molar-refractivity contribution in [1.29, 1.82) is 0 Å². The molecular formula is C10H16Cl2N2. The Bertz CT molecular complexity index is 305. The van der Waals surface area contributed by atoms with Crippen molar-refractivity contribution in [3.63, 3.8) is 0 Å². The highest BCUT2D eigenvalue weighted by atomic mass is 35.5. The first-order valence-corrected chi connectivity index (χ1v) is 5.48. The van der Waals surface area contributed by atoms with Gasteiger partial charge in [0.1, 0.15) is 5.15 Å². The molecule has 0 aliphatic carbocycles. The fourth-order valence-corrected chi connectivity index (χ4v) is 1.66. The molecule has 0 spiro atoms. The lowest BCUT2D eigenvalue weighted by atomic mass is 10.2. The topological polar surface area (TPSA) is 17.0 Å². The monoisotopic (exact) mass is 234 g/mol. The maximum atomic E-state index is 5.94. The maximum Gasteiger partial charge on any atom is 0.127 e. The summed E-state index contributed by atoms with van der Waals surface area (Å²) in [7, 11) is 1.92. The van der Waals surface area contributed by atoms with Gasteiger partial charge in [0.05, 0.1) is 5.02 Å². The van der Waals surface area contributed by atoms with Gasteiger partial charge in [-0.05, 0) is 18.5 Å². The highest BCUT2D eigenvalue weighted by Gasteiger charge is 2.08. The summed E-state index contributed by atoms with van der Waals surface area (Å²) in [6, 6.07) is 1.90. The van der Waals surface area contributed by atoms with Gasteiger partial charge in [-0.1, -0.05) is 37.0 Å². The normalized spacial score (nSPS) is 11.3. The third-order valence-corrected chi connectivity index (χ3v) is 2.92. The van der Waals surface area contributed by atoms with Crippen molar-refractivity contribution < 1.29 is 0 Å². The van der Waals surface area contributed by atoms with Gasteiger partial charge >= 0.3 is 0 Å². The number of hydrogen-bond donors (Lipinski definition) is 1. The number of aromatic nitrogens is 1. The summed E-state index contributed by atoms with van der Waals surface area (Å²) < 4.78 is 1.90. The van der Waals surface area contributed by atoms with E-state index in [4.69, 9.17) is 23.2 Å². The fourth-order valence-electron chi connectivity index (χ4n) is 1.25. The van der Waals surface area contributed by atoms with E-state index in [0.717, 1.165) is 18.8 Å². The second-order valence-electron chi connectivity index (χ2n) is 3.86. The molecule has 0 unspecified atom stereocenters. The van der Waals surface area contributed by atoms with Crippen LogP contribution < -0.4 is 5.32 Å². The van der Waals surface area contributed by atoms with E-state index in [0.29, 0.717) is 16.1 Å². The molecule has 1 aromatic rings. The van der Waals surface area contributed by atoms with E-state index < -0.39 is 0 Å². The summed E-state index contributed by atoms with van der Waals surface area (Å²) in [6.45, 7) is 6.16. The van der Waals surface area contributed by atoms with E-state index in [1.165, 1.54) is 0 Å². The van der Waals surface area contributed by atoms with Crippen molar-refractivity contribution in [2.24, 2.45) is 13.0 Å². The van der Waals surface area contributed by atoms with Crippen molar-refractivity contribution in [3.05, 3.63) is 21.9 Å². The lowest BCUT2D eigenvalue weighted by Gasteiger charge is -2.08. The van der Waals surface area contributed by atoms with Crippen molar-refractivity contribution in [2.45, 2.75) is 20.4 Å². The van der Waals surface area contributed by atoms with Crippen LogP contribution in [0.5, 0.6) is 0 Å². The minimum absolute atomic E-state index is 0.605. The second kappa shape index (κ2) is 5.06. The Balaban J connectivity index is 2.55. The van der Waals surface area contributed by atoms with E-state index in [9.17, 15) is 0 Å². The Morgan fingerprint density at radius 1 is 1.43 bits per heavy atom. The molecule has 80 valence electrons. The SMILES string of the molecule is CC(C)CNCc1cc(Cl)c(Cl)n1C. The molecule has 0 fully saturated rings. The second-order valence-corrected chi connectivity index (χ2v) is 4.62. The van der Waals surface area contributed by atoms with Crippen LogP contribution in [0.3, 0.4) is 0 Å². The largest absolute Gasteiger partial charge is 0.336 e. The molecule has 0 amide bonds. The van der Waals surface area contributed by atoms with Crippen LogP contribution >= 0.6 is 23.2 Å². The molecule has 0 bridgehead atoms. The van der Waals surface area contributed by atoms with Gasteiger partial charge in [0.2, 0.25) is 0 Å². The fraction of sp³-hybridized carbons (Fsp3) is 0.600. The van der Waals surface area contributed by atoms with Crippen LogP contribution in [0, 0.1) is 5.92 Å². The molecule has 4 heteroatoms. The van der Waals surface area contributed by atoms with E-state index in [-0.39, 0.29) is 0 Å². The third-order valence-electron chi connectivity index (χ3n) is 2.07. The molecular weight excluding hydrogens is 219 g/mol. The lowest BCUT2D eigenvalue weighted by Crippen LogP contribution is -2.20. The molecule has 14 heavy (non-hydrogen) atoms. The van der Waals surface area contributed by atoms with Gasteiger partial charge in [0.25, 0.3) is 0 Å². The van der Waals surface area contributed by atoms with Crippen molar-refractivity contribution in [1.82, 2.24) is 9.88 Å². The Kier molecular flexibility index (Phi) is 4.30. The first-order chi connectivity index (χ1) is 6.52. The number of hydrogen-bond acceptors (Lipinski definition) is 1. The van der Waals surface area contributed by atoms with Gasteiger partial charge in [0, 0.05) is 19.3 Å². The van der Waals surface area contributed by atoms with Gasteiger partial charge < -0.3 is 9.88 Å². The molecule has 0 saturated heterocycles. The van der Waals surface area contributed by atoms with Crippen molar-refractivity contribution in [2.75, 3.05) is 6.54 Å². The smallest absolute Gasteiger partial charge is 0.127 e. The first-order valence-electron chi connectivity index (χ1n) is 4.72. The quantitative estimate of drug-likeness (QED) is 0.848. The van der Waals surface area contributed by atoms with Gasteiger partial charge in [-0.2, -0.15) is 0 Å². The zero-order valence-electron chi connectivity index (χ0n) is 8.77. The molecule has 0 aliphatic rings. The molecule has 0 saturated carbocycles. The summed E-state index contributed by atoms with van der Waals surface area (Å²) in [5.74, 6) is 0.654. The summed E-state index contributed by atoms with van der Waals surface area (Å²) in [5.41, 5.74) is 1.11. The average molecular weight is 235 g/mol. The van der Waals surface area contributed by atoms with Gasteiger partial charge in [0.15, 0.2) is 0 Å². The zero-order chi connectivity index (χ0) is 10.7. The van der Waals surface area contributed by atoms with Crippen LogP contribution in [0.25, 0.3) is 0 Å². The number of nitrogens with zero attached hydrogens (tertiary/aromatic N) is 1. The van der Waals surface area contributed by atoms with Crippen molar-refractivity contribution >= 4 is 23.2 Å². The highest BCUT2D eigenvalue weighted by Crippen LogP contribution is 2.24. The van der Waals surface area contributed by atoms with Gasteiger partial charge in [-0.3, -0.25) is 0 Å². The first kappa shape index (κ1) is 11.9. The molecule has 0 aromatic carbocycles. The van der Waals surface area contributed by atoms with Gasteiger partial charge in [-0.25, -0.2) is 0 Å². The van der Waals surface area contributed by atoms with Crippen molar-refractivity contribution in [3.8, 4) is 0 Å². The number of nitrogens with one attached hydrogen (secondary N) is 1. The van der Waals surface area contributed by atoms with E-state index in [1.807, 2.05) is 17.7 Å². The van der Waals surface area contributed by atoms with Crippen LogP contribution in [-0.4, -0.2) is 11.1 Å². The highest BCUT2D eigenvalue weighted by molar-refractivity contribution is 6.41. The Morgan fingerprint density at radius 3 is 2.50 bits per heavy atom. The Hall–Kier alpha value is -0.180. The lowest BCUT2D eigenvalue weighted by molar-refractivity contribution is 0.542. The van der Waals surface area contributed by atoms with Crippen LogP contribution in [-0.2, 0) is 13.6 Å². The number of rotatable bonds is 4. The minimum atomic E-state index is 0.605. The standard InChI is InChI=1S/C10H16Cl2N2/c1-7(2)5-13-6-8-4-9(11)10(12)14(8)3/h4,7,13H,5-6H2,1-3H3. The predicted molar refractivity (Wildman–Crippen MR) is 62.0 cm³/mol. The summed E-state index contributed by atoms with van der Waals surface area (Å²) in [5, 5.41) is 4.57. The molecule has 0 aliphatic heterocycles. The Labute approximate surface area is 95.2 Å². The third kappa shape index (κ3) is 2.91. The molecule has 1 rings (SSSR count). The van der Waals surface area contributed by atoms with E-state index in [1.54, 1.807) is 0 Å². The Morgan fingerprint density at radius 2 is 2.07 bits per heavy atom. The molecule has 1 N–H and O–H groups in total. The zero-order valence-corrected chi connectivity index (χ0v) is 10.3. The molecule has 0 atom stereocenters. The van der Waals surface area contributed by atoms with Crippen LogP contribution in [0.15, 0.2) is 6.07 Å². The molecule has 2 nitrogen and oxygen atoms in total. The predicted octanol–water partition coefficient (Wildman–Crippen LogP) is 3.08. The molecule has 0 radical (unpaired) electrons. The van der Waals surface area contributed by atoms with E-state index in [2.05, 4.69) is 19.2 Å². The summed E-state index contributed by atoms with van der Waals surface area (Å²) >= 11 is 11.8. The van der Waals surface area contributed by atoms with Gasteiger partial charge in [-0.15, -0.1) is 0 Å².